The van der Waals surface area contributed by atoms with Crippen LogP contribution in [0.5, 0.6) is 0 Å². The molecule has 3 heteroatoms. The van der Waals surface area contributed by atoms with E-state index in [9.17, 15) is 0 Å². The molecular weight excluding hydrogens is 174 g/mol. The Morgan fingerprint density at radius 1 is 1.50 bits per heavy atom. The van der Waals surface area contributed by atoms with Crippen LogP contribution in [0.3, 0.4) is 0 Å². The molecule has 1 saturated heterocycles. The second-order valence-corrected chi connectivity index (χ2v) is 4.69. The zero-order chi connectivity index (χ0) is 9.54. The number of aromatic nitrogens is 2. The van der Waals surface area contributed by atoms with Crippen LogP contribution in [0.4, 0.5) is 0 Å². The molecule has 0 amide bonds. The molecule has 2 heterocycles. The fourth-order valence-corrected chi connectivity index (χ4v) is 2.08. The van der Waals surface area contributed by atoms with E-state index in [4.69, 9.17) is 0 Å². The summed E-state index contributed by atoms with van der Waals surface area (Å²) in [6, 6.07) is 2.26. The first-order valence-electron chi connectivity index (χ1n) is 5.58. The van der Waals surface area contributed by atoms with Gasteiger partial charge in [0.25, 0.3) is 0 Å². The maximum absolute atomic E-state index is 4.58. The Morgan fingerprint density at radius 3 is 2.86 bits per heavy atom. The number of rotatable bonds is 3. The zero-order valence-electron chi connectivity index (χ0n) is 8.66. The molecule has 0 radical (unpaired) electrons. The normalized spacial score (nSPS) is 22.4. The quantitative estimate of drug-likeness (QED) is 0.780. The van der Waals surface area contributed by atoms with Crippen LogP contribution in [0.15, 0.2) is 6.07 Å². The van der Waals surface area contributed by atoms with Gasteiger partial charge in [-0.3, -0.25) is 4.68 Å². The van der Waals surface area contributed by atoms with Crippen LogP contribution in [0, 0.1) is 12.8 Å². The summed E-state index contributed by atoms with van der Waals surface area (Å²) in [6.45, 7) is 5.52. The average Bonchev–Trinajstić information content (AvgIpc) is 2.76. The molecule has 0 unspecified atom stereocenters. The van der Waals surface area contributed by atoms with E-state index in [0.29, 0.717) is 0 Å². The smallest absolute Gasteiger partial charge is 0.0596 e. The molecule has 0 bridgehead atoms. The van der Waals surface area contributed by atoms with Gasteiger partial charge in [-0.15, -0.1) is 0 Å². The molecule has 3 nitrogen and oxygen atoms in total. The zero-order valence-corrected chi connectivity index (χ0v) is 8.66. The van der Waals surface area contributed by atoms with Gasteiger partial charge in [0.05, 0.1) is 5.69 Å². The lowest BCUT2D eigenvalue weighted by molar-refractivity contribution is 0.407. The molecule has 2 aliphatic rings. The third-order valence-electron chi connectivity index (χ3n) is 3.26. The summed E-state index contributed by atoms with van der Waals surface area (Å²) < 4.78 is 2.25. The van der Waals surface area contributed by atoms with Gasteiger partial charge >= 0.3 is 0 Å². The highest BCUT2D eigenvalue weighted by Gasteiger charge is 2.27. The minimum Gasteiger partial charge on any atom is -0.315 e. The molecule has 1 aromatic heterocycles. The average molecular weight is 191 g/mol. The summed E-state index contributed by atoms with van der Waals surface area (Å²) in [7, 11) is 0. The summed E-state index contributed by atoms with van der Waals surface area (Å²) >= 11 is 0. The second-order valence-electron chi connectivity index (χ2n) is 4.69. The molecule has 3 rings (SSSR count). The van der Waals surface area contributed by atoms with Crippen molar-refractivity contribution >= 4 is 0 Å². The first-order chi connectivity index (χ1) is 6.83. The third kappa shape index (κ3) is 1.46. The molecule has 1 aliphatic heterocycles. The molecule has 1 saturated carbocycles. The SMILES string of the molecule is Cc1cc(C2CNC2)n(CC2CC2)n1. The van der Waals surface area contributed by atoms with E-state index in [1.807, 2.05) is 0 Å². The second kappa shape index (κ2) is 3.09. The van der Waals surface area contributed by atoms with Gasteiger partial charge in [0.1, 0.15) is 0 Å². The highest BCUT2D eigenvalue weighted by Crippen LogP contribution is 2.32. The minimum atomic E-state index is 0.718. The molecule has 76 valence electrons. The topological polar surface area (TPSA) is 29.9 Å². The summed E-state index contributed by atoms with van der Waals surface area (Å²) in [5.41, 5.74) is 2.63. The van der Waals surface area contributed by atoms with Crippen LogP contribution < -0.4 is 5.32 Å². The number of nitrogens with one attached hydrogen (secondary N) is 1. The molecule has 0 aromatic carbocycles. The van der Waals surface area contributed by atoms with Crippen molar-refractivity contribution in [1.29, 1.82) is 0 Å². The molecule has 0 spiro atoms. The summed E-state index contributed by atoms with van der Waals surface area (Å²) in [4.78, 5) is 0. The molecular formula is C11H17N3. The van der Waals surface area contributed by atoms with Crippen molar-refractivity contribution in [2.75, 3.05) is 13.1 Å². The molecule has 1 N–H and O–H groups in total. The van der Waals surface area contributed by atoms with Gasteiger partial charge in [0.2, 0.25) is 0 Å². The van der Waals surface area contributed by atoms with Crippen molar-refractivity contribution < 1.29 is 0 Å². The van der Waals surface area contributed by atoms with E-state index >= 15 is 0 Å². The summed E-state index contributed by atoms with van der Waals surface area (Å²) in [6.07, 6.45) is 2.81. The van der Waals surface area contributed by atoms with Crippen LogP contribution in [-0.4, -0.2) is 22.9 Å². The van der Waals surface area contributed by atoms with Crippen molar-refractivity contribution in [2.45, 2.75) is 32.2 Å². The first-order valence-corrected chi connectivity index (χ1v) is 5.58. The van der Waals surface area contributed by atoms with E-state index in [1.165, 1.54) is 24.2 Å². The van der Waals surface area contributed by atoms with Gasteiger partial charge in [-0.2, -0.15) is 5.10 Å². The van der Waals surface area contributed by atoms with E-state index in [2.05, 4.69) is 28.1 Å². The van der Waals surface area contributed by atoms with Gasteiger partial charge in [0, 0.05) is 31.2 Å². The van der Waals surface area contributed by atoms with Gasteiger partial charge < -0.3 is 5.32 Å². The van der Waals surface area contributed by atoms with Gasteiger partial charge in [-0.05, 0) is 31.7 Å². The predicted octanol–water partition coefficient (Wildman–Crippen LogP) is 1.29. The summed E-state index contributed by atoms with van der Waals surface area (Å²) in [5, 5.41) is 7.91. The fraction of sp³-hybridized carbons (Fsp3) is 0.727. The minimum absolute atomic E-state index is 0.718. The van der Waals surface area contributed by atoms with Crippen LogP contribution >= 0.6 is 0 Å². The van der Waals surface area contributed by atoms with E-state index in [1.54, 1.807) is 0 Å². The number of hydrogen-bond donors (Lipinski definition) is 1. The van der Waals surface area contributed by atoms with Crippen molar-refractivity contribution in [2.24, 2.45) is 5.92 Å². The van der Waals surface area contributed by atoms with Crippen molar-refractivity contribution in [3.05, 3.63) is 17.5 Å². The Labute approximate surface area is 84.5 Å². The first kappa shape index (κ1) is 8.48. The molecule has 1 aliphatic carbocycles. The van der Waals surface area contributed by atoms with Gasteiger partial charge in [-0.25, -0.2) is 0 Å². The Balaban J connectivity index is 1.83. The highest BCUT2D eigenvalue weighted by molar-refractivity contribution is 5.17. The predicted molar refractivity (Wildman–Crippen MR) is 55.3 cm³/mol. The lowest BCUT2D eigenvalue weighted by Crippen LogP contribution is -2.41. The Bertz CT molecular complexity index is 334. The van der Waals surface area contributed by atoms with Crippen molar-refractivity contribution in [1.82, 2.24) is 15.1 Å². The van der Waals surface area contributed by atoms with Crippen molar-refractivity contribution in [3.63, 3.8) is 0 Å². The maximum atomic E-state index is 4.58. The monoisotopic (exact) mass is 191 g/mol. The van der Waals surface area contributed by atoms with E-state index < -0.39 is 0 Å². The Morgan fingerprint density at radius 2 is 2.29 bits per heavy atom. The van der Waals surface area contributed by atoms with E-state index in [-0.39, 0.29) is 0 Å². The van der Waals surface area contributed by atoms with Gasteiger partial charge in [-0.1, -0.05) is 0 Å². The Kier molecular flexibility index (Phi) is 1.87. The number of nitrogens with zero attached hydrogens (tertiary/aromatic N) is 2. The van der Waals surface area contributed by atoms with Crippen LogP contribution in [0.1, 0.15) is 30.1 Å². The molecule has 14 heavy (non-hydrogen) atoms. The molecule has 0 atom stereocenters. The fourth-order valence-electron chi connectivity index (χ4n) is 2.08. The Hall–Kier alpha value is -0.830. The standard InChI is InChI=1S/C11H17N3/c1-8-4-11(10-5-12-6-10)14(13-8)7-9-2-3-9/h4,9-10,12H,2-3,5-7H2,1H3. The molecule has 1 aromatic rings. The van der Waals surface area contributed by atoms with Crippen LogP contribution in [-0.2, 0) is 6.54 Å². The van der Waals surface area contributed by atoms with Crippen molar-refractivity contribution in [3.8, 4) is 0 Å². The maximum Gasteiger partial charge on any atom is 0.0596 e. The lowest BCUT2D eigenvalue weighted by atomic mass is 9.99. The number of hydrogen-bond acceptors (Lipinski definition) is 2. The largest absolute Gasteiger partial charge is 0.315 e. The van der Waals surface area contributed by atoms with Crippen LogP contribution in [0.2, 0.25) is 0 Å². The third-order valence-corrected chi connectivity index (χ3v) is 3.26. The molecule has 2 fully saturated rings. The number of aryl methyl sites for hydroxylation is 1. The van der Waals surface area contributed by atoms with E-state index in [0.717, 1.165) is 31.5 Å². The summed E-state index contributed by atoms with van der Waals surface area (Å²) in [5.74, 6) is 1.64. The lowest BCUT2D eigenvalue weighted by Gasteiger charge is -2.27. The van der Waals surface area contributed by atoms with Gasteiger partial charge in [0.15, 0.2) is 0 Å². The van der Waals surface area contributed by atoms with Crippen LogP contribution in [0.25, 0.3) is 0 Å². The highest BCUT2D eigenvalue weighted by atomic mass is 15.3.